The highest BCUT2D eigenvalue weighted by Crippen LogP contribution is 2.22. The standard InChI is InChI=1S/C18H26N4O3S.ClH/c19-12-14-9-11-22(13-14)17(23)8-2-1-5-10-20-18-15-6-3-4-7-16(15)26(24,25)21-18;/h3-4,6-7,14H,1-2,5,8-13,19H2,(H,20,21);1H. The van der Waals surface area contributed by atoms with Crippen LogP contribution in [0.2, 0.25) is 0 Å². The fourth-order valence-corrected chi connectivity index (χ4v) is 4.67. The van der Waals surface area contributed by atoms with E-state index < -0.39 is 10.0 Å². The summed E-state index contributed by atoms with van der Waals surface area (Å²) in [6.45, 7) is 2.81. The molecule has 1 amide bonds. The number of amidine groups is 1. The van der Waals surface area contributed by atoms with Crippen molar-refractivity contribution < 1.29 is 13.2 Å². The second-order valence-corrected chi connectivity index (χ2v) is 8.52. The first-order valence-corrected chi connectivity index (χ1v) is 10.6. The first-order chi connectivity index (χ1) is 12.5. The number of hydrogen-bond acceptors (Lipinski definition) is 5. The first-order valence-electron chi connectivity index (χ1n) is 9.16. The highest BCUT2D eigenvalue weighted by molar-refractivity contribution is 7.90. The van der Waals surface area contributed by atoms with E-state index in [4.69, 9.17) is 5.73 Å². The van der Waals surface area contributed by atoms with Gasteiger partial charge in [-0.15, -0.1) is 12.4 Å². The molecule has 0 spiro atoms. The lowest BCUT2D eigenvalue weighted by Crippen LogP contribution is -2.29. The maximum absolute atomic E-state index is 12.1. The van der Waals surface area contributed by atoms with Gasteiger partial charge in [-0.1, -0.05) is 18.6 Å². The number of nitrogens with two attached hydrogens (primary N) is 1. The summed E-state index contributed by atoms with van der Waals surface area (Å²) in [5.74, 6) is 1.08. The molecule has 1 unspecified atom stereocenters. The Morgan fingerprint density at radius 2 is 2.04 bits per heavy atom. The average molecular weight is 415 g/mol. The van der Waals surface area contributed by atoms with Gasteiger partial charge in [-0.05, 0) is 43.9 Å². The topological polar surface area (TPSA) is 105 Å². The van der Waals surface area contributed by atoms with Crippen LogP contribution in [0.5, 0.6) is 0 Å². The Morgan fingerprint density at radius 3 is 2.78 bits per heavy atom. The summed E-state index contributed by atoms with van der Waals surface area (Å²) in [6, 6.07) is 6.85. The van der Waals surface area contributed by atoms with Gasteiger partial charge in [-0.25, -0.2) is 8.42 Å². The van der Waals surface area contributed by atoms with Crippen LogP contribution in [0.1, 0.15) is 37.7 Å². The summed E-state index contributed by atoms with van der Waals surface area (Å²) in [7, 11) is -3.47. The van der Waals surface area contributed by atoms with Gasteiger partial charge >= 0.3 is 0 Å². The van der Waals surface area contributed by atoms with Gasteiger partial charge in [-0.3, -0.25) is 14.5 Å². The van der Waals surface area contributed by atoms with Gasteiger partial charge in [0.2, 0.25) is 5.91 Å². The van der Waals surface area contributed by atoms with Crippen LogP contribution in [0, 0.1) is 5.92 Å². The molecule has 150 valence electrons. The van der Waals surface area contributed by atoms with Crippen LogP contribution >= 0.6 is 12.4 Å². The van der Waals surface area contributed by atoms with E-state index in [0.29, 0.717) is 36.8 Å². The largest absolute Gasteiger partial charge is 0.342 e. The van der Waals surface area contributed by atoms with Crippen molar-refractivity contribution in [1.29, 1.82) is 0 Å². The molecule has 3 N–H and O–H groups in total. The Labute approximate surface area is 166 Å². The number of halogens is 1. The zero-order valence-corrected chi connectivity index (χ0v) is 16.9. The second kappa shape index (κ2) is 9.52. The third-order valence-corrected chi connectivity index (χ3v) is 6.35. The smallest absolute Gasteiger partial charge is 0.263 e. The van der Waals surface area contributed by atoms with Crippen molar-refractivity contribution in [2.75, 3.05) is 26.2 Å². The van der Waals surface area contributed by atoms with E-state index in [0.717, 1.165) is 38.8 Å². The molecule has 9 heteroatoms. The predicted molar refractivity (Wildman–Crippen MR) is 108 cm³/mol. The molecule has 3 rings (SSSR count). The van der Waals surface area contributed by atoms with E-state index in [-0.39, 0.29) is 23.2 Å². The Morgan fingerprint density at radius 1 is 1.26 bits per heavy atom. The predicted octanol–water partition coefficient (Wildman–Crippen LogP) is 1.51. The number of nitrogens with one attached hydrogen (secondary N) is 1. The molecule has 1 aromatic rings. The number of unbranched alkanes of at least 4 members (excludes halogenated alkanes) is 2. The van der Waals surface area contributed by atoms with Crippen molar-refractivity contribution in [3.8, 4) is 0 Å². The van der Waals surface area contributed by atoms with Crippen LogP contribution < -0.4 is 10.5 Å². The lowest BCUT2D eigenvalue weighted by molar-refractivity contribution is -0.130. The summed E-state index contributed by atoms with van der Waals surface area (Å²) < 4.78 is 26.5. The van der Waals surface area contributed by atoms with E-state index >= 15 is 0 Å². The van der Waals surface area contributed by atoms with E-state index in [9.17, 15) is 13.2 Å². The van der Waals surface area contributed by atoms with Crippen molar-refractivity contribution in [3.05, 3.63) is 29.8 Å². The quantitative estimate of drug-likeness (QED) is 0.659. The number of sulfonamides is 1. The van der Waals surface area contributed by atoms with Gasteiger partial charge in [0.1, 0.15) is 5.84 Å². The molecule has 1 saturated heterocycles. The maximum Gasteiger partial charge on any atom is 0.263 e. The molecule has 27 heavy (non-hydrogen) atoms. The monoisotopic (exact) mass is 414 g/mol. The molecule has 0 saturated carbocycles. The van der Waals surface area contributed by atoms with Crippen LogP contribution in [-0.2, 0) is 14.8 Å². The highest BCUT2D eigenvalue weighted by atomic mass is 35.5. The molecule has 0 radical (unpaired) electrons. The molecule has 0 aliphatic carbocycles. The van der Waals surface area contributed by atoms with Gasteiger partial charge in [0.25, 0.3) is 10.0 Å². The molecule has 1 atom stereocenters. The number of aliphatic imine (C=N–C) groups is 1. The van der Waals surface area contributed by atoms with Crippen LogP contribution in [0.4, 0.5) is 0 Å². The summed E-state index contributed by atoms with van der Waals surface area (Å²) in [4.78, 5) is 18.7. The number of benzene rings is 1. The summed E-state index contributed by atoms with van der Waals surface area (Å²) in [5, 5.41) is 0. The Kier molecular flexibility index (Phi) is 7.64. The van der Waals surface area contributed by atoms with E-state index in [2.05, 4.69) is 9.71 Å². The molecule has 0 bridgehead atoms. The Balaban J connectivity index is 0.00000261. The maximum atomic E-state index is 12.1. The number of carbonyl (C=O) groups excluding carboxylic acids is 1. The van der Waals surface area contributed by atoms with Crippen molar-refractivity contribution in [3.63, 3.8) is 0 Å². The highest BCUT2D eigenvalue weighted by Gasteiger charge is 2.29. The minimum Gasteiger partial charge on any atom is -0.342 e. The summed E-state index contributed by atoms with van der Waals surface area (Å²) >= 11 is 0. The second-order valence-electron chi connectivity index (χ2n) is 6.87. The van der Waals surface area contributed by atoms with Crippen LogP contribution in [0.25, 0.3) is 0 Å². The molecule has 2 aliphatic rings. The van der Waals surface area contributed by atoms with Gasteiger partial charge in [0, 0.05) is 31.6 Å². The average Bonchev–Trinajstić information content (AvgIpc) is 3.21. The molecule has 1 fully saturated rings. The first kappa shape index (κ1) is 21.7. The number of likely N-dealkylation sites (tertiary alicyclic amines) is 1. The fraction of sp³-hybridized carbons (Fsp3) is 0.556. The lowest BCUT2D eigenvalue weighted by Gasteiger charge is -2.16. The summed E-state index contributed by atoms with van der Waals surface area (Å²) in [5.41, 5.74) is 6.29. The van der Waals surface area contributed by atoms with Gasteiger partial charge in [0.15, 0.2) is 0 Å². The molecule has 0 aromatic heterocycles. The number of carbonyl (C=O) groups is 1. The van der Waals surface area contributed by atoms with Crippen LogP contribution in [0.15, 0.2) is 34.2 Å². The Bertz CT molecular complexity index is 798. The Hall–Kier alpha value is -1.64. The third kappa shape index (κ3) is 5.21. The molecule has 7 nitrogen and oxygen atoms in total. The normalized spacial score (nSPS) is 21.6. The third-order valence-electron chi connectivity index (χ3n) is 4.95. The minimum absolute atomic E-state index is 0. The van der Waals surface area contributed by atoms with Crippen LogP contribution in [-0.4, -0.2) is 51.2 Å². The van der Waals surface area contributed by atoms with Crippen molar-refractivity contribution >= 4 is 34.2 Å². The SMILES string of the molecule is Cl.NCC1CCN(C(=O)CCCCCN=C2NS(=O)(=O)c3ccccc32)C1. The number of nitrogens with zero attached hydrogens (tertiary/aromatic N) is 2. The van der Waals surface area contributed by atoms with Gasteiger partial charge in [-0.2, -0.15) is 0 Å². The fourth-order valence-electron chi connectivity index (χ4n) is 3.42. The van der Waals surface area contributed by atoms with Crippen LogP contribution in [0.3, 0.4) is 0 Å². The molecule has 2 heterocycles. The van der Waals surface area contributed by atoms with E-state index in [1.54, 1.807) is 24.3 Å². The lowest BCUT2D eigenvalue weighted by atomic mass is 10.1. The van der Waals surface area contributed by atoms with Gasteiger partial charge in [0.05, 0.1) is 4.90 Å². The zero-order chi connectivity index (χ0) is 18.6. The van der Waals surface area contributed by atoms with E-state index in [1.807, 2.05) is 4.90 Å². The zero-order valence-electron chi connectivity index (χ0n) is 15.3. The number of amides is 1. The van der Waals surface area contributed by atoms with Gasteiger partial charge < -0.3 is 10.6 Å². The number of rotatable bonds is 7. The van der Waals surface area contributed by atoms with Crippen molar-refractivity contribution in [1.82, 2.24) is 9.62 Å². The number of fused-ring (bicyclic) bond motifs is 1. The minimum atomic E-state index is -3.47. The van der Waals surface area contributed by atoms with E-state index in [1.165, 1.54) is 0 Å². The molecule has 2 aliphatic heterocycles. The molecular weight excluding hydrogens is 388 g/mol. The molecular formula is C18H27ClN4O3S. The van der Waals surface area contributed by atoms with Crippen molar-refractivity contribution in [2.24, 2.45) is 16.6 Å². The van der Waals surface area contributed by atoms with Crippen molar-refractivity contribution in [2.45, 2.75) is 37.0 Å². The molecule has 1 aromatic carbocycles. The number of hydrogen-bond donors (Lipinski definition) is 2. The summed E-state index contributed by atoms with van der Waals surface area (Å²) in [6.07, 6.45) is 4.12.